The van der Waals surface area contributed by atoms with E-state index in [4.69, 9.17) is 9.26 Å². The number of halogens is 3. The number of carbonyl (C=O) groups is 1. The molecule has 1 heterocycles. The Bertz CT molecular complexity index is 1430. The van der Waals surface area contributed by atoms with Crippen molar-refractivity contribution in [2.24, 2.45) is 10.8 Å². The molecule has 6 fully saturated rings. The topological polar surface area (TPSA) is 68.5 Å². The van der Waals surface area contributed by atoms with Crippen molar-refractivity contribution in [3.63, 3.8) is 0 Å². The zero-order valence-electron chi connectivity index (χ0n) is 23.2. The van der Waals surface area contributed by atoms with Gasteiger partial charge in [0, 0.05) is 17.6 Å². The van der Waals surface area contributed by atoms with Crippen LogP contribution in [0.2, 0.25) is 0 Å². The lowest BCUT2D eigenvalue weighted by Crippen LogP contribution is -2.71. The molecule has 9 heteroatoms. The van der Waals surface area contributed by atoms with Crippen molar-refractivity contribution < 1.29 is 27.2 Å². The van der Waals surface area contributed by atoms with Crippen LogP contribution >= 0.6 is 0 Å². The fourth-order valence-corrected chi connectivity index (χ4v) is 7.93. The van der Waals surface area contributed by atoms with Crippen LogP contribution in [-0.4, -0.2) is 34.9 Å². The predicted molar refractivity (Wildman–Crippen MR) is 147 cm³/mol. The molecule has 216 valence electrons. The first-order chi connectivity index (χ1) is 19.7. The Labute approximate surface area is 237 Å². The average Bonchev–Trinajstić information content (AvgIpc) is 3.47. The number of aromatic nitrogens is 2. The van der Waals surface area contributed by atoms with Crippen molar-refractivity contribution in [1.29, 1.82) is 0 Å². The molecule has 2 aromatic carbocycles. The number of anilines is 1. The first kappa shape index (κ1) is 26.5. The van der Waals surface area contributed by atoms with Gasteiger partial charge in [0.15, 0.2) is 5.82 Å². The molecule has 0 aliphatic heterocycles. The van der Waals surface area contributed by atoms with Crippen LogP contribution < -0.4 is 9.64 Å². The molecule has 1 aromatic heterocycles. The number of hydrogen-bond acceptors (Lipinski definition) is 5. The van der Waals surface area contributed by atoms with E-state index in [2.05, 4.69) is 16.2 Å². The van der Waals surface area contributed by atoms with E-state index in [1.54, 1.807) is 0 Å². The van der Waals surface area contributed by atoms with E-state index in [9.17, 15) is 18.0 Å². The summed E-state index contributed by atoms with van der Waals surface area (Å²) in [5.41, 5.74) is 0.644. The minimum Gasteiger partial charge on any atom is -0.494 e. The van der Waals surface area contributed by atoms with Crippen LogP contribution in [0.15, 0.2) is 53.1 Å². The smallest absolute Gasteiger partial charge is 0.315 e. The first-order valence-electron chi connectivity index (χ1n) is 14.6. The normalized spacial score (nSPS) is 31.4. The maximum absolute atomic E-state index is 14.5. The fourth-order valence-electron chi connectivity index (χ4n) is 7.93. The quantitative estimate of drug-likeness (QED) is 0.267. The summed E-state index contributed by atoms with van der Waals surface area (Å²) in [6, 6.07) is 16.0. The number of carbonyl (C=O) groups excluding carboxylic acids is 1. The summed E-state index contributed by atoms with van der Waals surface area (Å²) in [6.45, 7) is 3.11. The van der Waals surface area contributed by atoms with Gasteiger partial charge in [-0.3, -0.25) is 4.79 Å². The van der Waals surface area contributed by atoms with Gasteiger partial charge in [-0.05, 0) is 106 Å². The van der Waals surface area contributed by atoms with Crippen LogP contribution in [0.3, 0.4) is 0 Å². The molecule has 0 atom stereocenters. The zero-order valence-corrected chi connectivity index (χ0v) is 23.2. The number of rotatable bonds is 9. The third-order valence-corrected chi connectivity index (χ3v) is 10.3. The average molecular weight is 566 g/mol. The van der Waals surface area contributed by atoms with Gasteiger partial charge in [-0.2, -0.15) is 13.8 Å². The summed E-state index contributed by atoms with van der Waals surface area (Å²) in [6.07, 6.45) is 2.98. The van der Waals surface area contributed by atoms with E-state index in [-0.39, 0.29) is 16.7 Å². The van der Waals surface area contributed by atoms with Gasteiger partial charge in [0.1, 0.15) is 11.4 Å². The second-order valence-corrected chi connectivity index (χ2v) is 12.9. The number of ether oxygens (including phenoxy) is 1. The molecular weight excluding hydrogens is 531 g/mol. The molecule has 6 saturated carbocycles. The largest absolute Gasteiger partial charge is 0.494 e. The maximum atomic E-state index is 14.5. The highest BCUT2D eigenvalue weighted by molar-refractivity contribution is 6.00. The Morgan fingerprint density at radius 3 is 2.27 bits per heavy atom. The second kappa shape index (κ2) is 9.33. The van der Waals surface area contributed by atoms with Crippen LogP contribution in [0.5, 0.6) is 5.75 Å². The van der Waals surface area contributed by atoms with Crippen molar-refractivity contribution in [1.82, 2.24) is 10.1 Å². The van der Waals surface area contributed by atoms with Crippen molar-refractivity contribution in [2.45, 2.75) is 82.2 Å². The summed E-state index contributed by atoms with van der Waals surface area (Å²) in [7, 11) is 0. The molecule has 3 aromatic rings. The number of hydrogen-bond donors (Lipinski definition) is 0. The molecule has 0 saturated heterocycles. The Morgan fingerprint density at radius 2 is 1.68 bits per heavy atom. The van der Waals surface area contributed by atoms with E-state index < -0.39 is 23.4 Å². The highest BCUT2D eigenvalue weighted by Gasteiger charge is 2.73. The van der Waals surface area contributed by atoms with Crippen LogP contribution in [0.25, 0.3) is 11.1 Å². The van der Waals surface area contributed by atoms with Gasteiger partial charge in [0.25, 0.3) is 5.89 Å². The highest BCUT2D eigenvalue weighted by Crippen LogP contribution is 2.70. The second-order valence-electron chi connectivity index (χ2n) is 12.9. The van der Waals surface area contributed by atoms with Gasteiger partial charge in [-0.25, -0.2) is 4.39 Å². The summed E-state index contributed by atoms with van der Waals surface area (Å²) in [5.74, 6) is 0.603. The zero-order chi connectivity index (χ0) is 28.5. The third kappa shape index (κ3) is 4.34. The lowest BCUT2D eigenvalue weighted by Gasteiger charge is -2.65. The predicted octanol–water partition coefficient (Wildman–Crippen LogP) is 7.59. The van der Waals surface area contributed by atoms with Gasteiger partial charge in [0.2, 0.25) is 5.91 Å². The van der Waals surface area contributed by atoms with Gasteiger partial charge in [-0.15, -0.1) is 0 Å². The molecule has 0 N–H and O–H groups in total. The summed E-state index contributed by atoms with van der Waals surface area (Å²) in [5, 5.41) is 3.93. The molecule has 0 spiro atoms. The number of alkyl halides is 3. The molecule has 6 nitrogen and oxygen atoms in total. The van der Waals surface area contributed by atoms with Crippen LogP contribution in [0.1, 0.15) is 82.9 Å². The van der Waals surface area contributed by atoms with Gasteiger partial charge < -0.3 is 14.2 Å². The number of fused-ring (bicyclic) bond motifs is 3. The molecule has 6 aliphatic carbocycles. The molecule has 0 unspecified atom stereocenters. The SMILES string of the molecule is CCOc1ccc(-c2cccc(N(CC34CCC(c5noc(C(F)F)n5)(CC3)CC4)C(=O)C34CC(F)(C3)C4)c2)cc1. The van der Waals surface area contributed by atoms with Crippen LogP contribution in [-0.2, 0) is 10.2 Å². The number of nitrogens with zero attached hydrogens (tertiary/aromatic N) is 3. The Balaban J connectivity index is 1.15. The maximum Gasteiger partial charge on any atom is 0.315 e. The van der Waals surface area contributed by atoms with Gasteiger partial charge >= 0.3 is 6.43 Å². The summed E-state index contributed by atoms with van der Waals surface area (Å²) < 4.78 is 51.2. The lowest BCUT2D eigenvalue weighted by molar-refractivity contribution is -0.211. The number of benzene rings is 2. The third-order valence-electron chi connectivity index (χ3n) is 10.3. The Morgan fingerprint density at radius 1 is 1.00 bits per heavy atom. The Kier molecular flexibility index (Phi) is 6.04. The van der Waals surface area contributed by atoms with Crippen LogP contribution in [0, 0.1) is 10.8 Å². The standard InChI is InChI=1S/C32H34F3N3O3/c1-2-40-24-8-6-21(7-9-24)22-4-3-5-23(16-22)38(28(39)31-17-32(35,18-31)19-31)20-29-10-13-30(14-11-29,15-12-29)27-36-26(25(33)34)41-37-27/h3-9,16,25H,2,10-15,17-20H2,1H3. The first-order valence-corrected chi connectivity index (χ1v) is 14.6. The van der Waals surface area contributed by atoms with Crippen molar-refractivity contribution in [3.8, 4) is 16.9 Å². The molecule has 6 aliphatic rings. The number of amides is 1. The minimum absolute atomic E-state index is 0.0254. The van der Waals surface area contributed by atoms with E-state index in [0.717, 1.165) is 61.1 Å². The minimum atomic E-state index is -2.78. The van der Waals surface area contributed by atoms with E-state index in [1.165, 1.54) is 0 Å². The summed E-state index contributed by atoms with van der Waals surface area (Å²) >= 11 is 0. The van der Waals surface area contributed by atoms with Crippen molar-refractivity contribution >= 4 is 11.6 Å². The van der Waals surface area contributed by atoms with Gasteiger partial charge in [0.05, 0.1) is 12.0 Å². The molecule has 1 amide bonds. The molecule has 0 radical (unpaired) electrons. The summed E-state index contributed by atoms with van der Waals surface area (Å²) in [4.78, 5) is 20.1. The van der Waals surface area contributed by atoms with Crippen LogP contribution in [0.4, 0.5) is 18.9 Å². The lowest BCUT2D eigenvalue weighted by atomic mass is 9.41. The highest BCUT2D eigenvalue weighted by atomic mass is 19.3. The van der Waals surface area contributed by atoms with E-state index in [1.807, 2.05) is 54.3 Å². The monoisotopic (exact) mass is 565 g/mol. The van der Waals surface area contributed by atoms with E-state index in [0.29, 0.717) is 38.2 Å². The van der Waals surface area contributed by atoms with Gasteiger partial charge in [-0.1, -0.05) is 29.4 Å². The Hall–Kier alpha value is -3.36. The molecule has 4 bridgehead atoms. The van der Waals surface area contributed by atoms with Crippen molar-refractivity contribution in [3.05, 3.63) is 60.2 Å². The molecule has 41 heavy (non-hydrogen) atoms. The fraction of sp³-hybridized carbons (Fsp3) is 0.531. The molecular formula is C32H34F3N3O3. The van der Waals surface area contributed by atoms with Crippen molar-refractivity contribution in [2.75, 3.05) is 18.1 Å². The van der Waals surface area contributed by atoms with E-state index >= 15 is 0 Å². The molecule has 9 rings (SSSR count).